The molecule has 3 rings (SSSR count). The number of hydrogen-bond acceptors (Lipinski definition) is 5. The second kappa shape index (κ2) is 11.5. The third-order valence-electron chi connectivity index (χ3n) is 4.67. The number of carbonyl (C=O) groups is 2. The molecule has 1 amide bonds. The lowest BCUT2D eigenvalue weighted by molar-refractivity contribution is -0.128. The molecule has 0 aromatic heterocycles. The van der Waals surface area contributed by atoms with Crippen molar-refractivity contribution in [2.45, 2.75) is 26.4 Å². The zero-order valence-corrected chi connectivity index (χ0v) is 19.6. The predicted molar refractivity (Wildman–Crippen MR) is 129 cm³/mol. The van der Waals surface area contributed by atoms with Crippen LogP contribution in [0.3, 0.4) is 0 Å². The van der Waals surface area contributed by atoms with Crippen molar-refractivity contribution in [1.29, 1.82) is 0 Å². The van der Waals surface area contributed by atoms with Gasteiger partial charge in [-0.1, -0.05) is 48.3 Å². The summed E-state index contributed by atoms with van der Waals surface area (Å²) in [6, 6.07) is 18.7. The minimum Gasteiger partial charge on any atom is -0.479 e. The Morgan fingerprint density at radius 3 is 2.45 bits per heavy atom. The smallest absolute Gasteiger partial charge is 0.343 e. The van der Waals surface area contributed by atoms with Crippen LogP contribution in [0.4, 0.5) is 0 Å². The molecule has 6 nitrogen and oxygen atoms in total. The Bertz CT molecular complexity index is 1160. The van der Waals surface area contributed by atoms with Gasteiger partial charge in [0.15, 0.2) is 6.10 Å². The van der Waals surface area contributed by atoms with E-state index in [1.807, 2.05) is 26.0 Å². The Hall–Kier alpha value is -3.35. The molecule has 1 N–H and O–H groups in total. The summed E-state index contributed by atoms with van der Waals surface area (Å²) in [4.78, 5) is 24.7. The number of nitrogens with zero attached hydrogens (tertiary/aromatic N) is 1. The molecular formula is C25H22Cl2N2O4. The van der Waals surface area contributed by atoms with E-state index in [4.69, 9.17) is 32.7 Å². The molecule has 0 radical (unpaired) electrons. The minimum atomic E-state index is -0.774. The van der Waals surface area contributed by atoms with Gasteiger partial charge in [0, 0.05) is 5.02 Å². The first-order valence-corrected chi connectivity index (χ1v) is 11.0. The number of carbonyl (C=O) groups excluding carboxylic acids is 2. The SMILES string of the molecule is CCC(Oc1ccc(Cl)cc1Cl)C(=O)NN=Cc1ccc(OC(=O)c2ccccc2C)cc1. The Labute approximate surface area is 202 Å². The lowest BCUT2D eigenvalue weighted by Crippen LogP contribution is -2.35. The predicted octanol–water partition coefficient (Wildman–Crippen LogP) is 5.83. The first-order valence-electron chi connectivity index (χ1n) is 10.2. The summed E-state index contributed by atoms with van der Waals surface area (Å²) in [5.41, 5.74) is 4.52. The van der Waals surface area contributed by atoms with Crippen LogP contribution in [0.5, 0.6) is 11.5 Å². The van der Waals surface area contributed by atoms with Crippen LogP contribution in [0, 0.1) is 6.92 Å². The highest BCUT2D eigenvalue weighted by atomic mass is 35.5. The van der Waals surface area contributed by atoms with Gasteiger partial charge in [0.25, 0.3) is 5.91 Å². The third kappa shape index (κ3) is 6.81. The standard InChI is InChI=1S/C25H22Cl2N2O4/c1-3-22(33-23-13-10-18(26)14-21(23)27)24(30)29-28-15-17-8-11-19(12-9-17)32-25(31)20-7-5-4-6-16(20)2/h4-15,22H,3H2,1-2H3,(H,29,30). The molecule has 0 aliphatic rings. The average molecular weight is 485 g/mol. The van der Waals surface area contributed by atoms with Gasteiger partial charge < -0.3 is 9.47 Å². The maximum absolute atomic E-state index is 12.4. The quantitative estimate of drug-likeness (QED) is 0.189. The van der Waals surface area contributed by atoms with Crippen LogP contribution < -0.4 is 14.9 Å². The highest BCUT2D eigenvalue weighted by Gasteiger charge is 2.19. The van der Waals surface area contributed by atoms with Gasteiger partial charge in [-0.2, -0.15) is 5.10 Å². The van der Waals surface area contributed by atoms with Crippen LogP contribution >= 0.6 is 23.2 Å². The first kappa shape index (κ1) is 24.3. The van der Waals surface area contributed by atoms with Crippen LogP contribution in [0.15, 0.2) is 71.8 Å². The highest BCUT2D eigenvalue weighted by Crippen LogP contribution is 2.28. The fourth-order valence-corrected chi connectivity index (χ4v) is 3.33. The second-order valence-electron chi connectivity index (χ2n) is 7.10. The second-order valence-corrected chi connectivity index (χ2v) is 7.94. The Morgan fingerprint density at radius 2 is 1.79 bits per heavy atom. The largest absolute Gasteiger partial charge is 0.479 e. The van der Waals surface area contributed by atoms with Gasteiger partial charge in [0.05, 0.1) is 16.8 Å². The minimum absolute atomic E-state index is 0.320. The van der Waals surface area contributed by atoms with E-state index in [0.717, 1.165) is 5.56 Å². The average Bonchev–Trinajstić information content (AvgIpc) is 2.80. The fraction of sp³-hybridized carbons (Fsp3) is 0.160. The number of hydrazone groups is 1. The molecule has 0 fully saturated rings. The van der Waals surface area contributed by atoms with Crippen molar-refractivity contribution in [3.63, 3.8) is 0 Å². The zero-order chi connectivity index (χ0) is 23.8. The molecule has 0 spiro atoms. The molecule has 0 saturated heterocycles. The lowest BCUT2D eigenvalue weighted by Gasteiger charge is -2.16. The molecule has 0 aliphatic carbocycles. The van der Waals surface area contributed by atoms with E-state index in [-0.39, 0.29) is 0 Å². The van der Waals surface area contributed by atoms with Gasteiger partial charge in [-0.3, -0.25) is 4.79 Å². The summed E-state index contributed by atoms with van der Waals surface area (Å²) in [7, 11) is 0. The Morgan fingerprint density at radius 1 is 1.06 bits per heavy atom. The summed E-state index contributed by atoms with van der Waals surface area (Å²) in [5, 5.41) is 4.77. The number of hydrogen-bond donors (Lipinski definition) is 1. The zero-order valence-electron chi connectivity index (χ0n) is 18.0. The van der Waals surface area contributed by atoms with E-state index in [2.05, 4.69) is 10.5 Å². The summed E-state index contributed by atoms with van der Waals surface area (Å²) in [5.74, 6) is -0.0664. The van der Waals surface area contributed by atoms with Gasteiger partial charge >= 0.3 is 5.97 Å². The van der Waals surface area contributed by atoms with Crippen molar-refractivity contribution in [2.24, 2.45) is 5.10 Å². The summed E-state index contributed by atoms with van der Waals surface area (Å²) in [6.07, 6.45) is 1.12. The van der Waals surface area contributed by atoms with Crippen molar-refractivity contribution in [2.75, 3.05) is 0 Å². The fourth-order valence-electron chi connectivity index (χ4n) is 2.87. The number of esters is 1. The van der Waals surface area contributed by atoms with Gasteiger partial charge in [-0.15, -0.1) is 0 Å². The van der Waals surface area contributed by atoms with E-state index in [1.54, 1.807) is 54.6 Å². The number of benzene rings is 3. The summed E-state index contributed by atoms with van der Waals surface area (Å²) < 4.78 is 11.1. The Kier molecular flexibility index (Phi) is 8.46. The van der Waals surface area contributed by atoms with Gasteiger partial charge in [0.1, 0.15) is 11.5 Å². The molecule has 8 heteroatoms. The van der Waals surface area contributed by atoms with E-state index in [0.29, 0.717) is 39.1 Å². The topological polar surface area (TPSA) is 77.0 Å². The number of halogens is 2. The third-order valence-corrected chi connectivity index (χ3v) is 5.20. The lowest BCUT2D eigenvalue weighted by atomic mass is 10.1. The van der Waals surface area contributed by atoms with Gasteiger partial charge in [-0.25, -0.2) is 10.2 Å². The number of ether oxygens (including phenoxy) is 2. The number of rotatable bonds is 8. The summed E-state index contributed by atoms with van der Waals surface area (Å²) in [6.45, 7) is 3.66. The van der Waals surface area contributed by atoms with E-state index in [1.165, 1.54) is 6.21 Å². The number of aryl methyl sites for hydroxylation is 1. The van der Waals surface area contributed by atoms with Crippen LogP contribution in [0.1, 0.15) is 34.8 Å². The van der Waals surface area contributed by atoms with Crippen LogP contribution in [0.2, 0.25) is 10.0 Å². The monoisotopic (exact) mass is 484 g/mol. The summed E-state index contributed by atoms with van der Waals surface area (Å²) >= 11 is 12.0. The Balaban J connectivity index is 1.55. The maximum atomic E-state index is 12.4. The van der Waals surface area contributed by atoms with Gasteiger partial charge in [0.2, 0.25) is 0 Å². The molecular weight excluding hydrogens is 463 g/mol. The molecule has 170 valence electrons. The van der Waals surface area contributed by atoms with Crippen LogP contribution in [-0.2, 0) is 4.79 Å². The van der Waals surface area contributed by atoms with E-state index < -0.39 is 18.0 Å². The van der Waals surface area contributed by atoms with Crippen molar-refractivity contribution in [3.8, 4) is 11.5 Å². The maximum Gasteiger partial charge on any atom is 0.343 e. The van der Waals surface area contributed by atoms with Crippen LogP contribution in [-0.4, -0.2) is 24.2 Å². The molecule has 0 aliphatic heterocycles. The molecule has 0 saturated carbocycles. The number of amides is 1. The van der Waals surface area contributed by atoms with E-state index >= 15 is 0 Å². The molecule has 1 atom stereocenters. The molecule has 3 aromatic carbocycles. The van der Waals surface area contributed by atoms with E-state index in [9.17, 15) is 9.59 Å². The molecule has 33 heavy (non-hydrogen) atoms. The van der Waals surface area contributed by atoms with Crippen molar-refractivity contribution in [3.05, 3.63) is 93.5 Å². The first-order chi connectivity index (χ1) is 15.9. The molecule has 0 heterocycles. The van der Waals surface area contributed by atoms with Gasteiger partial charge in [-0.05, 0) is 73.0 Å². The molecule has 1 unspecified atom stereocenters. The normalized spacial score (nSPS) is 11.8. The van der Waals surface area contributed by atoms with Crippen molar-refractivity contribution >= 4 is 41.3 Å². The van der Waals surface area contributed by atoms with Crippen LogP contribution in [0.25, 0.3) is 0 Å². The molecule has 0 bridgehead atoms. The van der Waals surface area contributed by atoms with Crippen molar-refractivity contribution in [1.82, 2.24) is 5.43 Å². The number of nitrogens with one attached hydrogen (secondary N) is 1. The van der Waals surface area contributed by atoms with Crippen molar-refractivity contribution < 1.29 is 19.1 Å². The molecule has 3 aromatic rings. The highest BCUT2D eigenvalue weighted by molar-refractivity contribution is 6.35.